The van der Waals surface area contributed by atoms with Crippen molar-refractivity contribution < 1.29 is 9.53 Å². The molecule has 0 N–H and O–H groups in total. The molecular formula is C11H12BrIO2. The fraction of sp³-hybridized carbons (Fsp3) is 0.364. The van der Waals surface area contributed by atoms with E-state index in [2.05, 4.69) is 38.5 Å². The lowest BCUT2D eigenvalue weighted by molar-refractivity contribution is 0.00684. The topological polar surface area (TPSA) is 26.3 Å². The zero-order valence-corrected chi connectivity index (χ0v) is 12.5. The van der Waals surface area contributed by atoms with Crippen LogP contribution in [-0.2, 0) is 4.74 Å². The van der Waals surface area contributed by atoms with Crippen molar-refractivity contribution in [2.75, 3.05) is 0 Å². The third-order valence-electron chi connectivity index (χ3n) is 1.57. The van der Waals surface area contributed by atoms with Gasteiger partial charge in [0, 0.05) is 8.04 Å². The largest absolute Gasteiger partial charge is 0.456 e. The Bertz CT molecular complexity index is 383. The maximum Gasteiger partial charge on any atom is 0.339 e. The van der Waals surface area contributed by atoms with Crippen LogP contribution in [0.2, 0.25) is 0 Å². The van der Waals surface area contributed by atoms with Gasteiger partial charge in [0.25, 0.3) is 0 Å². The van der Waals surface area contributed by atoms with Gasteiger partial charge in [-0.2, -0.15) is 0 Å². The van der Waals surface area contributed by atoms with Gasteiger partial charge in [-0.15, -0.1) is 0 Å². The average Bonchev–Trinajstić information content (AvgIpc) is 2.06. The van der Waals surface area contributed by atoms with Gasteiger partial charge in [0.15, 0.2) is 0 Å². The second-order valence-electron chi connectivity index (χ2n) is 4.10. The summed E-state index contributed by atoms with van der Waals surface area (Å²) in [5, 5.41) is 0. The Labute approximate surface area is 112 Å². The van der Waals surface area contributed by atoms with E-state index < -0.39 is 5.60 Å². The lowest BCUT2D eigenvalue weighted by Gasteiger charge is -2.20. The van der Waals surface area contributed by atoms with E-state index in [1.54, 1.807) is 6.07 Å². The van der Waals surface area contributed by atoms with Crippen LogP contribution in [0.3, 0.4) is 0 Å². The molecule has 0 unspecified atom stereocenters. The normalized spacial score (nSPS) is 11.3. The minimum atomic E-state index is -0.461. The fourth-order valence-corrected chi connectivity index (χ4v) is 1.92. The molecule has 0 heterocycles. The highest BCUT2D eigenvalue weighted by Gasteiger charge is 2.20. The first-order valence-corrected chi connectivity index (χ1v) is 6.36. The zero-order valence-electron chi connectivity index (χ0n) is 8.80. The van der Waals surface area contributed by atoms with Crippen LogP contribution >= 0.6 is 38.5 Å². The molecule has 0 aliphatic heterocycles. The molecule has 0 amide bonds. The molecule has 0 saturated carbocycles. The SMILES string of the molecule is CC(C)(C)OC(=O)c1cccc(I)c1Br. The molecule has 1 rings (SSSR count). The summed E-state index contributed by atoms with van der Waals surface area (Å²) in [5.41, 5.74) is 0.106. The van der Waals surface area contributed by atoms with Gasteiger partial charge in [-0.3, -0.25) is 0 Å². The summed E-state index contributed by atoms with van der Waals surface area (Å²) in [4.78, 5) is 11.8. The highest BCUT2D eigenvalue weighted by molar-refractivity contribution is 14.1. The Kier molecular flexibility index (Phi) is 4.17. The van der Waals surface area contributed by atoms with Crippen molar-refractivity contribution in [3.63, 3.8) is 0 Å². The van der Waals surface area contributed by atoms with Crippen LogP contribution in [0.5, 0.6) is 0 Å². The van der Waals surface area contributed by atoms with Crippen molar-refractivity contribution in [1.29, 1.82) is 0 Å². The molecule has 0 spiro atoms. The van der Waals surface area contributed by atoms with Gasteiger partial charge in [0.2, 0.25) is 0 Å². The molecule has 1 aromatic rings. The summed E-state index contributed by atoms with van der Waals surface area (Å²) in [7, 11) is 0. The van der Waals surface area contributed by atoms with Crippen LogP contribution in [0.25, 0.3) is 0 Å². The number of carbonyl (C=O) groups excluding carboxylic acids is 1. The number of ether oxygens (including phenoxy) is 1. The van der Waals surface area contributed by atoms with Crippen molar-refractivity contribution >= 4 is 44.5 Å². The van der Waals surface area contributed by atoms with E-state index in [4.69, 9.17) is 4.74 Å². The Morgan fingerprint density at radius 3 is 2.53 bits per heavy atom. The van der Waals surface area contributed by atoms with E-state index >= 15 is 0 Å². The summed E-state index contributed by atoms with van der Waals surface area (Å²) in [6, 6.07) is 5.52. The summed E-state index contributed by atoms with van der Waals surface area (Å²) >= 11 is 5.55. The minimum Gasteiger partial charge on any atom is -0.456 e. The van der Waals surface area contributed by atoms with Crippen LogP contribution in [0, 0.1) is 3.57 Å². The Balaban J connectivity index is 2.97. The lowest BCUT2D eigenvalue weighted by atomic mass is 10.2. The van der Waals surface area contributed by atoms with Crippen LogP contribution in [0.15, 0.2) is 22.7 Å². The predicted octanol–water partition coefficient (Wildman–Crippen LogP) is 4.01. The monoisotopic (exact) mass is 382 g/mol. The molecule has 0 aromatic heterocycles. The van der Waals surface area contributed by atoms with E-state index in [0.717, 1.165) is 8.04 Å². The molecule has 82 valence electrons. The Morgan fingerprint density at radius 1 is 1.40 bits per heavy atom. The van der Waals surface area contributed by atoms with Crippen molar-refractivity contribution in [3.05, 3.63) is 31.8 Å². The van der Waals surface area contributed by atoms with Crippen LogP contribution < -0.4 is 0 Å². The molecule has 4 heteroatoms. The molecule has 0 aliphatic carbocycles. The van der Waals surface area contributed by atoms with E-state index in [0.29, 0.717) is 5.56 Å². The standard InChI is InChI=1S/C11H12BrIO2/c1-11(2,3)15-10(14)7-5-4-6-8(13)9(7)12/h4-6H,1-3H3. The van der Waals surface area contributed by atoms with Gasteiger partial charge in [-0.1, -0.05) is 6.07 Å². The van der Waals surface area contributed by atoms with Crippen LogP contribution in [0.4, 0.5) is 0 Å². The van der Waals surface area contributed by atoms with Gasteiger partial charge >= 0.3 is 5.97 Å². The first-order chi connectivity index (χ1) is 6.81. The first kappa shape index (κ1) is 13.0. The van der Waals surface area contributed by atoms with Gasteiger partial charge < -0.3 is 4.74 Å². The Hall–Kier alpha value is -0.100. The van der Waals surface area contributed by atoms with Crippen LogP contribution in [0.1, 0.15) is 31.1 Å². The van der Waals surface area contributed by atoms with Crippen molar-refractivity contribution in [2.45, 2.75) is 26.4 Å². The third kappa shape index (κ3) is 3.75. The quantitative estimate of drug-likeness (QED) is 0.541. The summed E-state index contributed by atoms with van der Waals surface area (Å²) in [6.07, 6.45) is 0. The summed E-state index contributed by atoms with van der Waals surface area (Å²) in [5.74, 6) is -0.298. The van der Waals surface area contributed by atoms with E-state index in [-0.39, 0.29) is 5.97 Å². The van der Waals surface area contributed by atoms with Crippen molar-refractivity contribution in [2.24, 2.45) is 0 Å². The number of hydrogen-bond acceptors (Lipinski definition) is 2. The number of carbonyl (C=O) groups is 1. The zero-order chi connectivity index (χ0) is 11.6. The molecule has 0 saturated heterocycles. The molecule has 2 nitrogen and oxygen atoms in total. The van der Waals surface area contributed by atoms with E-state index in [1.807, 2.05) is 32.9 Å². The first-order valence-electron chi connectivity index (χ1n) is 4.48. The van der Waals surface area contributed by atoms with E-state index in [9.17, 15) is 4.79 Å². The van der Waals surface area contributed by atoms with Gasteiger partial charge in [0.05, 0.1) is 5.56 Å². The molecule has 15 heavy (non-hydrogen) atoms. The van der Waals surface area contributed by atoms with Crippen LogP contribution in [-0.4, -0.2) is 11.6 Å². The minimum absolute atomic E-state index is 0.298. The van der Waals surface area contributed by atoms with Gasteiger partial charge in [0.1, 0.15) is 5.60 Å². The lowest BCUT2D eigenvalue weighted by Crippen LogP contribution is -2.24. The van der Waals surface area contributed by atoms with Gasteiger partial charge in [-0.25, -0.2) is 4.79 Å². The van der Waals surface area contributed by atoms with Gasteiger partial charge in [-0.05, 0) is 71.4 Å². The number of benzene rings is 1. The number of rotatable bonds is 1. The number of esters is 1. The highest BCUT2D eigenvalue weighted by Crippen LogP contribution is 2.25. The predicted molar refractivity (Wildman–Crippen MR) is 72.0 cm³/mol. The average molecular weight is 383 g/mol. The second kappa shape index (κ2) is 4.82. The molecule has 0 radical (unpaired) electrons. The molecule has 1 aromatic carbocycles. The maximum atomic E-state index is 11.8. The number of halogens is 2. The summed E-state index contributed by atoms with van der Waals surface area (Å²) in [6.45, 7) is 5.56. The molecule has 0 aliphatic rings. The second-order valence-corrected chi connectivity index (χ2v) is 6.06. The van der Waals surface area contributed by atoms with Crippen molar-refractivity contribution in [3.8, 4) is 0 Å². The third-order valence-corrected chi connectivity index (χ3v) is 4.06. The molecule has 0 atom stereocenters. The molecular weight excluding hydrogens is 371 g/mol. The van der Waals surface area contributed by atoms with Crippen molar-refractivity contribution in [1.82, 2.24) is 0 Å². The molecule has 0 fully saturated rings. The molecule has 0 bridgehead atoms. The summed E-state index contributed by atoms with van der Waals surface area (Å²) < 4.78 is 7.08. The smallest absolute Gasteiger partial charge is 0.339 e. The van der Waals surface area contributed by atoms with E-state index in [1.165, 1.54) is 0 Å². The highest BCUT2D eigenvalue weighted by atomic mass is 127. The Morgan fingerprint density at radius 2 is 2.00 bits per heavy atom. The fourth-order valence-electron chi connectivity index (χ4n) is 0.995. The number of hydrogen-bond donors (Lipinski definition) is 0. The maximum absolute atomic E-state index is 11.8.